The third-order valence-electron chi connectivity index (χ3n) is 2.17. The van der Waals surface area contributed by atoms with Crippen molar-refractivity contribution in [1.82, 2.24) is 0 Å². The van der Waals surface area contributed by atoms with Crippen LogP contribution in [0.1, 0.15) is 31.1 Å². The predicted molar refractivity (Wildman–Crippen MR) is 53.1 cm³/mol. The molecule has 0 aliphatic heterocycles. The Bertz CT molecular complexity index is 347. The summed E-state index contributed by atoms with van der Waals surface area (Å²) < 4.78 is 0. The number of rotatable bonds is 3. The molecule has 1 N–H and O–H groups in total. The summed E-state index contributed by atoms with van der Waals surface area (Å²) in [6.07, 6.45) is 0.1000. The molecule has 0 heterocycles. The second kappa shape index (κ2) is 4.19. The summed E-state index contributed by atoms with van der Waals surface area (Å²) in [5.74, 6) is 0. The van der Waals surface area contributed by atoms with Crippen molar-refractivity contribution < 1.29 is 10.0 Å². The molecule has 0 radical (unpaired) electrons. The van der Waals surface area contributed by atoms with Gasteiger partial charge in [-0.05, 0) is 24.5 Å². The first-order chi connectivity index (χ1) is 6.56. The lowest BCUT2D eigenvalue weighted by atomic mass is 10.0. The van der Waals surface area contributed by atoms with E-state index in [9.17, 15) is 15.2 Å². The number of hydrogen-bond donors (Lipinski definition) is 1. The van der Waals surface area contributed by atoms with Crippen LogP contribution in [0.5, 0.6) is 0 Å². The van der Waals surface area contributed by atoms with E-state index in [0.717, 1.165) is 12.0 Å². The van der Waals surface area contributed by atoms with Crippen LogP contribution in [0, 0.1) is 10.1 Å². The summed E-state index contributed by atoms with van der Waals surface area (Å²) in [7, 11) is 0. The minimum Gasteiger partial charge on any atom is -0.389 e. The van der Waals surface area contributed by atoms with E-state index in [0.29, 0.717) is 5.56 Å². The Kier molecular flexibility index (Phi) is 3.19. The zero-order chi connectivity index (χ0) is 10.7. The van der Waals surface area contributed by atoms with Gasteiger partial charge in [-0.15, -0.1) is 0 Å². The van der Waals surface area contributed by atoms with Crippen molar-refractivity contribution >= 4 is 5.69 Å². The molecule has 1 rings (SSSR count). The van der Waals surface area contributed by atoms with Gasteiger partial charge in [0.25, 0.3) is 5.69 Å². The van der Waals surface area contributed by atoms with E-state index in [2.05, 4.69) is 0 Å². The van der Waals surface area contributed by atoms with Gasteiger partial charge in [0.2, 0.25) is 0 Å². The normalized spacial score (nSPS) is 12.5. The fraction of sp³-hybridized carbons (Fsp3) is 0.400. The summed E-state index contributed by atoms with van der Waals surface area (Å²) in [6, 6.07) is 4.59. The number of hydrogen-bond acceptors (Lipinski definition) is 3. The molecule has 4 heteroatoms. The van der Waals surface area contributed by atoms with Crippen LogP contribution < -0.4 is 0 Å². The molecule has 0 amide bonds. The van der Waals surface area contributed by atoms with E-state index in [1.807, 2.05) is 6.92 Å². The molecule has 0 bridgehead atoms. The van der Waals surface area contributed by atoms with Crippen molar-refractivity contribution in [2.75, 3.05) is 0 Å². The molecule has 76 valence electrons. The smallest absolute Gasteiger partial charge is 0.269 e. The summed E-state index contributed by atoms with van der Waals surface area (Å²) in [5.41, 5.74) is 1.62. The van der Waals surface area contributed by atoms with Crippen LogP contribution in [0.25, 0.3) is 0 Å². The molecule has 0 spiro atoms. The van der Waals surface area contributed by atoms with Crippen LogP contribution in [0.2, 0.25) is 0 Å². The van der Waals surface area contributed by atoms with Gasteiger partial charge in [0.05, 0.1) is 11.0 Å². The Morgan fingerprint density at radius 1 is 1.57 bits per heavy atom. The van der Waals surface area contributed by atoms with Gasteiger partial charge < -0.3 is 5.11 Å². The third kappa shape index (κ3) is 2.09. The molecule has 0 saturated carbocycles. The van der Waals surface area contributed by atoms with Gasteiger partial charge in [0, 0.05) is 12.1 Å². The average molecular weight is 195 g/mol. The van der Waals surface area contributed by atoms with Gasteiger partial charge in [0.1, 0.15) is 0 Å². The minimum absolute atomic E-state index is 0.0260. The molecule has 1 aromatic carbocycles. The first-order valence-corrected chi connectivity index (χ1v) is 4.51. The zero-order valence-corrected chi connectivity index (χ0v) is 8.23. The van der Waals surface area contributed by atoms with Crippen molar-refractivity contribution in [3.63, 3.8) is 0 Å². The number of nitro groups is 1. The highest BCUT2D eigenvalue weighted by atomic mass is 16.6. The SMILES string of the molecule is CCc1ccc([N+](=O)[O-])cc1C(C)O. The minimum atomic E-state index is -0.662. The quantitative estimate of drug-likeness (QED) is 0.594. The molecule has 0 saturated heterocycles. The third-order valence-corrected chi connectivity index (χ3v) is 2.17. The van der Waals surface area contributed by atoms with Crippen molar-refractivity contribution in [3.05, 3.63) is 39.4 Å². The predicted octanol–water partition coefficient (Wildman–Crippen LogP) is 2.21. The van der Waals surface area contributed by atoms with Crippen molar-refractivity contribution in [3.8, 4) is 0 Å². The fourth-order valence-electron chi connectivity index (χ4n) is 1.41. The molecule has 1 aromatic rings. The molecule has 4 nitrogen and oxygen atoms in total. The highest BCUT2D eigenvalue weighted by Gasteiger charge is 2.12. The van der Waals surface area contributed by atoms with E-state index >= 15 is 0 Å². The van der Waals surface area contributed by atoms with Crippen molar-refractivity contribution in [2.45, 2.75) is 26.4 Å². The molecule has 0 fully saturated rings. The lowest BCUT2D eigenvalue weighted by Gasteiger charge is -2.09. The van der Waals surface area contributed by atoms with Gasteiger partial charge in [0.15, 0.2) is 0 Å². The largest absolute Gasteiger partial charge is 0.389 e. The monoisotopic (exact) mass is 195 g/mol. The van der Waals surface area contributed by atoms with E-state index in [1.54, 1.807) is 13.0 Å². The Hall–Kier alpha value is -1.42. The lowest BCUT2D eigenvalue weighted by molar-refractivity contribution is -0.385. The Labute approximate surface area is 82.3 Å². The van der Waals surface area contributed by atoms with Gasteiger partial charge in [-0.25, -0.2) is 0 Å². The number of benzene rings is 1. The average Bonchev–Trinajstić information content (AvgIpc) is 2.16. The first kappa shape index (κ1) is 10.7. The number of aryl methyl sites for hydroxylation is 1. The first-order valence-electron chi connectivity index (χ1n) is 4.51. The van der Waals surface area contributed by atoms with E-state index in [4.69, 9.17) is 0 Å². The molecule has 0 aliphatic carbocycles. The molecule has 0 aromatic heterocycles. The van der Waals surface area contributed by atoms with Crippen LogP contribution in [0.3, 0.4) is 0 Å². The maximum Gasteiger partial charge on any atom is 0.269 e. The zero-order valence-electron chi connectivity index (χ0n) is 8.23. The number of nitrogens with zero attached hydrogens (tertiary/aromatic N) is 1. The standard InChI is InChI=1S/C10H13NO3/c1-3-8-4-5-9(11(13)14)6-10(8)7(2)12/h4-7,12H,3H2,1-2H3. The molecule has 1 unspecified atom stereocenters. The van der Waals surface area contributed by atoms with Crippen molar-refractivity contribution in [1.29, 1.82) is 0 Å². The van der Waals surface area contributed by atoms with Gasteiger partial charge in [-0.1, -0.05) is 13.0 Å². The maximum absolute atomic E-state index is 10.5. The van der Waals surface area contributed by atoms with E-state index in [1.165, 1.54) is 12.1 Å². The Morgan fingerprint density at radius 2 is 2.21 bits per heavy atom. The summed E-state index contributed by atoms with van der Waals surface area (Å²) >= 11 is 0. The molecule has 1 atom stereocenters. The maximum atomic E-state index is 10.5. The van der Waals surface area contributed by atoms with Crippen LogP contribution >= 0.6 is 0 Å². The molecular formula is C10H13NO3. The van der Waals surface area contributed by atoms with Gasteiger partial charge in [-0.2, -0.15) is 0 Å². The second-order valence-electron chi connectivity index (χ2n) is 3.17. The Balaban J connectivity index is 3.20. The highest BCUT2D eigenvalue weighted by molar-refractivity contribution is 5.40. The molecular weight excluding hydrogens is 182 g/mol. The lowest BCUT2D eigenvalue weighted by Crippen LogP contribution is -1.99. The van der Waals surface area contributed by atoms with Gasteiger partial charge >= 0.3 is 0 Å². The van der Waals surface area contributed by atoms with Gasteiger partial charge in [-0.3, -0.25) is 10.1 Å². The molecule has 0 aliphatic rings. The molecule has 14 heavy (non-hydrogen) atoms. The summed E-state index contributed by atoms with van der Waals surface area (Å²) in [5, 5.41) is 19.9. The topological polar surface area (TPSA) is 63.4 Å². The summed E-state index contributed by atoms with van der Waals surface area (Å²) in [6.45, 7) is 3.56. The highest BCUT2D eigenvalue weighted by Crippen LogP contribution is 2.23. The van der Waals surface area contributed by atoms with Crippen LogP contribution in [-0.4, -0.2) is 10.0 Å². The number of non-ortho nitro benzene ring substituents is 1. The van der Waals surface area contributed by atoms with Crippen LogP contribution in [0.15, 0.2) is 18.2 Å². The number of aliphatic hydroxyl groups excluding tert-OH is 1. The second-order valence-corrected chi connectivity index (χ2v) is 3.17. The number of aliphatic hydroxyl groups is 1. The van der Waals surface area contributed by atoms with Crippen molar-refractivity contribution in [2.24, 2.45) is 0 Å². The summed E-state index contributed by atoms with van der Waals surface area (Å²) in [4.78, 5) is 10.0. The van der Waals surface area contributed by atoms with Crippen LogP contribution in [0.4, 0.5) is 5.69 Å². The number of nitro benzene ring substituents is 1. The van der Waals surface area contributed by atoms with E-state index in [-0.39, 0.29) is 5.69 Å². The fourth-order valence-corrected chi connectivity index (χ4v) is 1.41. The Morgan fingerprint density at radius 3 is 2.64 bits per heavy atom. The van der Waals surface area contributed by atoms with Crippen LogP contribution in [-0.2, 0) is 6.42 Å². The van der Waals surface area contributed by atoms with E-state index < -0.39 is 11.0 Å².